The molecule has 0 bridgehead atoms. The molecular weight excluding hydrogens is 376 g/mol. The third-order valence-corrected chi connectivity index (χ3v) is 13.8. The van der Waals surface area contributed by atoms with Gasteiger partial charge in [0.1, 0.15) is 0 Å². The highest BCUT2D eigenvalue weighted by Crippen LogP contribution is 2.23. The smallest absolute Gasteiger partial charge is 0.311 e. The summed E-state index contributed by atoms with van der Waals surface area (Å²) in [5.74, 6) is -0.839. The van der Waals surface area contributed by atoms with Crippen LogP contribution in [0.1, 0.15) is 60.3 Å². The third-order valence-electron chi connectivity index (χ3n) is 3.62. The van der Waals surface area contributed by atoms with Gasteiger partial charge >= 0.3 is 14.5 Å². The Hall–Kier alpha value is 0.0406. The van der Waals surface area contributed by atoms with Gasteiger partial charge in [0.05, 0.1) is 5.92 Å². The molecule has 0 spiro atoms. The van der Waals surface area contributed by atoms with Crippen molar-refractivity contribution in [1.82, 2.24) is 0 Å². The van der Waals surface area contributed by atoms with Gasteiger partial charge in [0.2, 0.25) is 0 Å². The minimum atomic E-state index is -1.90. The van der Waals surface area contributed by atoms with E-state index in [9.17, 15) is 4.79 Å². The molecule has 0 saturated heterocycles. The van der Waals surface area contributed by atoms with Gasteiger partial charge in [0.25, 0.3) is 0 Å². The summed E-state index contributed by atoms with van der Waals surface area (Å²) in [5, 5.41) is 8.41. The fourth-order valence-corrected chi connectivity index (χ4v) is 16.1. The van der Waals surface area contributed by atoms with Crippen LogP contribution in [-0.4, -0.2) is 36.3 Å². The second-order valence-electron chi connectivity index (χ2n) is 8.96. The number of hydrogen-bond donors (Lipinski definition) is 1. The molecule has 1 atom stereocenters. The number of carboxylic acid groups (broad SMARTS) is 1. The van der Waals surface area contributed by atoms with Gasteiger partial charge in [-0.3, -0.25) is 4.79 Å². The topological polar surface area (TPSA) is 55.8 Å². The molecule has 0 aromatic heterocycles. The summed E-state index contributed by atoms with van der Waals surface area (Å²) in [6, 6.07) is 1.26. The fraction of sp³-hybridized carbons (Fsp3) is 0.947. The van der Waals surface area contributed by atoms with Crippen LogP contribution in [-0.2, 0) is 13.0 Å². The lowest BCUT2D eigenvalue weighted by Gasteiger charge is -2.37. The summed E-state index contributed by atoms with van der Waals surface area (Å²) in [4.78, 5) is 10.2. The monoisotopic (exact) mass is 424 g/mol. The Morgan fingerprint density at radius 1 is 0.923 bits per heavy atom. The van der Waals surface area contributed by atoms with Crippen LogP contribution in [0.4, 0.5) is 0 Å². The average Bonchev–Trinajstić information content (AvgIpc) is 2.39. The zero-order valence-corrected chi connectivity index (χ0v) is 21.5. The van der Waals surface area contributed by atoms with Gasteiger partial charge in [-0.25, -0.2) is 0 Å². The van der Waals surface area contributed by atoms with Gasteiger partial charge < -0.3 is 13.3 Å². The molecular formula is C19H48O4Si3. The second kappa shape index (κ2) is 14.1. The molecule has 0 fully saturated rings. The lowest BCUT2D eigenvalue weighted by molar-refractivity contribution is -0.141. The van der Waals surface area contributed by atoms with Crippen molar-refractivity contribution in [3.8, 4) is 0 Å². The van der Waals surface area contributed by atoms with Gasteiger partial charge in [-0.15, -0.1) is 0 Å². The van der Waals surface area contributed by atoms with Crippen LogP contribution in [0.15, 0.2) is 0 Å². The Morgan fingerprint density at radius 2 is 1.38 bits per heavy atom. The first-order valence-electron chi connectivity index (χ1n) is 9.79. The van der Waals surface area contributed by atoms with Gasteiger partial charge in [-0.05, 0) is 58.3 Å². The van der Waals surface area contributed by atoms with E-state index in [1.807, 2.05) is 0 Å². The summed E-state index contributed by atoms with van der Waals surface area (Å²) in [6.45, 7) is 21.8. The standard InChI is InChI=1S/C11H30O2Si3.C7H14O2.CH4/c1-9-10-11-15(5,6)13-16(7,8)12-14(2,3)4;1-3-4-5-6(2)7(8)9;/h9-11H2,1-8H3;6H,3-5H2,1-2H3,(H,8,9);1H4. The zero-order valence-electron chi connectivity index (χ0n) is 18.5. The second-order valence-corrected chi connectivity index (χ2v) is 21.6. The summed E-state index contributed by atoms with van der Waals surface area (Å²) < 4.78 is 12.6. The molecule has 0 amide bonds. The molecule has 0 saturated carbocycles. The predicted molar refractivity (Wildman–Crippen MR) is 123 cm³/mol. The number of carboxylic acids is 1. The van der Waals surface area contributed by atoms with Crippen molar-refractivity contribution in [1.29, 1.82) is 0 Å². The summed E-state index contributed by atoms with van der Waals surface area (Å²) in [7, 11) is -4.87. The molecule has 160 valence electrons. The van der Waals surface area contributed by atoms with E-state index in [1.54, 1.807) is 6.92 Å². The normalized spacial score (nSPS) is 13.3. The van der Waals surface area contributed by atoms with Crippen molar-refractivity contribution in [2.75, 3.05) is 0 Å². The highest BCUT2D eigenvalue weighted by atomic mass is 28.5. The van der Waals surface area contributed by atoms with Crippen molar-refractivity contribution in [2.24, 2.45) is 5.92 Å². The minimum Gasteiger partial charge on any atom is -0.481 e. The molecule has 0 aliphatic carbocycles. The van der Waals surface area contributed by atoms with E-state index in [0.29, 0.717) is 0 Å². The molecule has 4 nitrogen and oxygen atoms in total. The molecule has 26 heavy (non-hydrogen) atoms. The van der Waals surface area contributed by atoms with Crippen LogP contribution in [0.3, 0.4) is 0 Å². The van der Waals surface area contributed by atoms with Crippen molar-refractivity contribution in [2.45, 2.75) is 112 Å². The Kier molecular flexibility index (Phi) is 16.7. The van der Waals surface area contributed by atoms with E-state index in [4.69, 9.17) is 13.3 Å². The van der Waals surface area contributed by atoms with Crippen LogP contribution < -0.4 is 0 Å². The van der Waals surface area contributed by atoms with E-state index in [0.717, 1.165) is 19.3 Å². The minimum absolute atomic E-state index is 0. The maximum Gasteiger partial charge on any atom is 0.311 e. The quantitative estimate of drug-likeness (QED) is 0.359. The molecule has 7 heteroatoms. The number of rotatable bonds is 11. The summed E-state index contributed by atoms with van der Waals surface area (Å²) in [6.07, 6.45) is 5.46. The molecule has 0 heterocycles. The lowest BCUT2D eigenvalue weighted by atomic mass is 10.1. The van der Waals surface area contributed by atoms with Gasteiger partial charge in [0.15, 0.2) is 16.6 Å². The van der Waals surface area contributed by atoms with Crippen LogP contribution in [0.25, 0.3) is 0 Å². The number of unbranched alkanes of at least 4 members (excludes halogenated alkanes) is 2. The van der Waals surface area contributed by atoms with Crippen molar-refractivity contribution in [3.05, 3.63) is 0 Å². The molecule has 1 N–H and O–H groups in total. The van der Waals surface area contributed by atoms with Crippen molar-refractivity contribution >= 4 is 31.2 Å². The van der Waals surface area contributed by atoms with E-state index in [1.165, 1.54) is 18.9 Å². The SMILES string of the molecule is C.CCCCC(C)C(=O)O.CCCC[Si](C)(C)O[Si](C)(C)O[Si](C)(C)C. The first-order chi connectivity index (χ1) is 11.2. The Morgan fingerprint density at radius 3 is 1.73 bits per heavy atom. The van der Waals surface area contributed by atoms with Crippen LogP contribution in [0, 0.1) is 5.92 Å². The summed E-state index contributed by atoms with van der Waals surface area (Å²) in [5.41, 5.74) is 0. The van der Waals surface area contributed by atoms with Crippen molar-refractivity contribution in [3.63, 3.8) is 0 Å². The van der Waals surface area contributed by atoms with Gasteiger partial charge in [-0.1, -0.05) is 53.9 Å². The average molecular weight is 425 g/mol. The van der Waals surface area contributed by atoms with E-state index < -0.39 is 31.2 Å². The predicted octanol–water partition coefficient (Wildman–Crippen LogP) is 7.09. The number of aliphatic carboxylic acids is 1. The van der Waals surface area contributed by atoms with Crippen LogP contribution in [0.2, 0.25) is 51.9 Å². The third kappa shape index (κ3) is 20.4. The zero-order chi connectivity index (χ0) is 20.3. The molecule has 0 radical (unpaired) electrons. The van der Waals surface area contributed by atoms with Gasteiger partial charge in [-0.2, -0.15) is 0 Å². The fourth-order valence-electron chi connectivity index (χ4n) is 2.71. The Labute approximate surface area is 167 Å². The largest absolute Gasteiger partial charge is 0.481 e. The maximum absolute atomic E-state index is 10.2. The Balaban J connectivity index is -0.000000453. The van der Waals surface area contributed by atoms with E-state index in [2.05, 4.69) is 59.7 Å². The van der Waals surface area contributed by atoms with Crippen LogP contribution in [0.5, 0.6) is 0 Å². The number of hydrogen-bond acceptors (Lipinski definition) is 3. The van der Waals surface area contributed by atoms with Crippen LogP contribution >= 0.6 is 0 Å². The van der Waals surface area contributed by atoms with Gasteiger partial charge in [0, 0.05) is 0 Å². The van der Waals surface area contributed by atoms with Crippen molar-refractivity contribution < 1.29 is 18.1 Å². The first-order valence-corrected chi connectivity index (χ1v) is 19.1. The molecule has 0 aromatic carbocycles. The molecule has 1 unspecified atom stereocenters. The summed E-state index contributed by atoms with van der Waals surface area (Å²) >= 11 is 0. The maximum atomic E-state index is 10.2. The highest BCUT2D eigenvalue weighted by molar-refractivity contribution is 6.87. The lowest BCUT2D eigenvalue weighted by Crippen LogP contribution is -2.51. The van der Waals surface area contributed by atoms with E-state index in [-0.39, 0.29) is 13.3 Å². The number of carbonyl (C=O) groups is 1. The molecule has 0 aliphatic heterocycles. The Bertz CT molecular complexity index is 366. The molecule has 0 rings (SSSR count). The first kappa shape index (κ1) is 30.8. The molecule has 0 aliphatic rings. The molecule has 0 aromatic rings. The highest BCUT2D eigenvalue weighted by Gasteiger charge is 2.37. The van der Waals surface area contributed by atoms with E-state index >= 15 is 0 Å².